The van der Waals surface area contributed by atoms with Gasteiger partial charge in [0.25, 0.3) is 0 Å². The van der Waals surface area contributed by atoms with Crippen LogP contribution in [0.1, 0.15) is 5.56 Å². The summed E-state index contributed by atoms with van der Waals surface area (Å²) in [5, 5.41) is 0. The van der Waals surface area contributed by atoms with E-state index in [1.807, 2.05) is 30.3 Å². The molecule has 1 N–H and O–H groups in total. The molecule has 2 aromatic rings. The first-order valence-electron chi connectivity index (χ1n) is 8.66. The van der Waals surface area contributed by atoms with Gasteiger partial charge in [-0.1, -0.05) is 30.3 Å². The van der Waals surface area contributed by atoms with E-state index in [9.17, 15) is 21.6 Å². The van der Waals surface area contributed by atoms with E-state index >= 15 is 0 Å². The maximum Gasteiger partial charge on any atom is 0.243 e. The normalized spacial score (nSPS) is 16.1. The van der Waals surface area contributed by atoms with Gasteiger partial charge in [0.05, 0.1) is 9.79 Å². The average molecular weight is 424 g/mol. The number of nitrogens with zero attached hydrogens (tertiary/aromatic N) is 2. The number of piperazine rings is 1. The predicted molar refractivity (Wildman–Crippen MR) is 103 cm³/mol. The Kier molecular flexibility index (Phi) is 6.14. The first-order valence-corrected chi connectivity index (χ1v) is 11.6. The number of carbonyl (C=O) groups is 1. The fourth-order valence-corrected chi connectivity index (χ4v) is 5.29. The van der Waals surface area contributed by atoms with Gasteiger partial charge in [-0.3, -0.25) is 4.79 Å². The van der Waals surface area contributed by atoms with Gasteiger partial charge in [0.2, 0.25) is 26.5 Å². The summed E-state index contributed by atoms with van der Waals surface area (Å²) >= 11 is 0. The van der Waals surface area contributed by atoms with Gasteiger partial charge in [0, 0.05) is 32.7 Å². The van der Waals surface area contributed by atoms with Crippen molar-refractivity contribution in [3.05, 3.63) is 60.2 Å². The van der Waals surface area contributed by atoms with Crippen LogP contribution in [0.25, 0.3) is 0 Å². The first-order chi connectivity index (χ1) is 13.3. The van der Waals surface area contributed by atoms with Crippen molar-refractivity contribution in [1.29, 1.82) is 0 Å². The predicted octanol–water partition coefficient (Wildman–Crippen LogP) is 0.628. The smallest absolute Gasteiger partial charge is 0.243 e. The Bertz CT molecular complexity index is 1010. The number of carbonyl (C=O) groups excluding carboxylic acids is 1. The monoisotopic (exact) mass is 423 g/mol. The molecule has 1 saturated heterocycles. The summed E-state index contributed by atoms with van der Waals surface area (Å²) in [6.07, 6.45) is 0.700. The lowest BCUT2D eigenvalue weighted by molar-refractivity contribution is -0.119. The van der Waals surface area contributed by atoms with Crippen molar-refractivity contribution in [3.63, 3.8) is 0 Å². The third-order valence-electron chi connectivity index (χ3n) is 4.50. The number of rotatable bonds is 7. The number of benzene rings is 2. The van der Waals surface area contributed by atoms with Crippen LogP contribution in [0, 0.1) is 0 Å². The van der Waals surface area contributed by atoms with E-state index in [0.29, 0.717) is 19.5 Å². The Hall–Kier alpha value is -2.27. The minimum atomic E-state index is -3.76. The van der Waals surface area contributed by atoms with E-state index in [4.69, 9.17) is 0 Å². The zero-order chi connectivity index (χ0) is 20.2. The van der Waals surface area contributed by atoms with Crippen LogP contribution in [0.3, 0.4) is 0 Å². The minimum Gasteiger partial charge on any atom is -0.343 e. The van der Waals surface area contributed by atoms with Crippen LogP contribution >= 0.6 is 0 Å². The highest BCUT2D eigenvalue weighted by Crippen LogP contribution is 2.20. The molecule has 1 aliphatic heterocycles. The molecule has 8 nitrogen and oxygen atoms in total. The van der Waals surface area contributed by atoms with Gasteiger partial charge in [0.1, 0.15) is 0 Å². The summed E-state index contributed by atoms with van der Waals surface area (Å²) in [6.45, 7) is 1.22. The SMILES string of the molecule is O=CN1CCN(S(=O)(=O)c2ccc(S(=O)(=O)NCc3ccccc3)cc2)CC1. The third kappa shape index (κ3) is 4.58. The van der Waals surface area contributed by atoms with E-state index in [2.05, 4.69) is 4.72 Å². The quantitative estimate of drug-likeness (QED) is 0.658. The van der Waals surface area contributed by atoms with Gasteiger partial charge < -0.3 is 4.90 Å². The molecule has 0 aromatic heterocycles. The standard InChI is InChI=1S/C18H21N3O5S2/c22-15-20-10-12-21(13-11-20)28(25,26)18-8-6-17(7-9-18)27(23,24)19-14-16-4-2-1-3-5-16/h1-9,15,19H,10-14H2. The molecule has 0 radical (unpaired) electrons. The van der Waals surface area contributed by atoms with Crippen molar-refractivity contribution in [2.24, 2.45) is 0 Å². The van der Waals surface area contributed by atoms with E-state index in [0.717, 1.165) is 5.56 Å². The van der Waals surface area contributed by atoms with E-state index in [1.54, 1.807) is 0 Å². The summed E-state index contributed by atoms with van der Waals surface area (Å²) in [6, 6.07) is 14.2. The third-order valence-corrected chi connectivity index (χ3v) is 7.83. The fourth-order valence-electron chi connectivity index (χ4n) is 2.85. The van der Waals surface area contributed by atoms with E-state index in [-0.39, 0.29) is 29.4 Å². The fraction of sp³-hybridized carbons (Fsp3) is 0.278. The van der Waals surface area contributed by atoms with Gasteiger partial charge in [-0.05, 0) is 29.8 Å². The second-order valence-electron chi connectivity index (χ2n) is 6.33. The van der Waals surface area contributed by atoms with Crippen LogP contribution in [0.5, 0.6) is 0 Å². The van der Waals surface area contributed by atoms with E-state index in [1.165, 1.54) is 33.5 Å². The molecule has 1 fully saturated rings. The molecule has 2 aromatic carbocycles. The van der Waals surface area contributed by atoms with Crippen LogP contribution in [0.15, 0.2) is 64.4 Å². The summed E-state index contributed by atoms with van der Waals surface area (Å²) in [5.41, 5.74) is 0.819. The summed E-state index contributed by atoms with van der Waals surface area (Å²) in [5.74, 6) is 0. The summed E-state index contributed by atoms with van der Waals surface area (Å²) in [7, 11) is -7.50. The van der Waals surface area contributed by atoms with Gasteiger partial charge in [-0.15, -0.1) is 0 Å². The zero-order valence-electron chi connectivity index (χ0n) is 15.1. The molecule has 1 heterocycles. The Labute approximate surface area is 164 Å². The topological polar surface area (TPSA) is 104 Å². The number of hydrogen-bond acceptors (Lipinski definition) is 5. The van der Waals surface area contributed by atoms with Gasteiger partial charge >= 0.3 is 0 Å². The maximum absolute atomic E-state index is 12.7. The highest BCUT2D eigenvalue weighted by molar-refractivity contribution is 7.89. The van der Waals surface area contributed by atoms with Crippen molar-refractivity contribution in [2.75, 3.05) is 26.2 Å². The Morgan fingerprint density at radius 2 is 1.39 bits per heavy atom. The van der Waals surface area contributed by atoms with Crippen LogP contribution in [-0.4, -0.2) is 58.6 Å². The molecule has 28 heavy (non-hydrogen) atoms. The molecule has 3 rings (SSSR count). The van der Waals surface area contributed by atoms with Crippen molar-refractivity contribution in [2.45, 2.75) is 16.3 Å². The number of hydrogen-bond donors (Lipinski definition) is 1. The van der Waals surface area contributed by atoms with Crippen LogP contribution in [0.2, 0.25) is 0 Å². The molecular formula is C18H21N3O5S2. The lowest BCUT2D eigenvalue weighted by atomic mass is 10.2. The van der Waals surface area contributed by atoms with Crippen molar-refractivity contribution in [1.82, 2.24) is 13.9 Å². The Morgan fingerprint density at radius 3 is 1.96 bits per heavy atom. The maximum atomic E-state index is 12.7. The lowest BCUT2D eigenvalue weighted by Gasteiger charge is -2.31. The molecule has 0 aliphatic carbocycles. The Balaban J connectivity index is 1.71. The van der Waals surface area contributed by atoms with Crippen LogP contribution < -0.4 is 4.72 Å². The van der Waals surface area contributed by atoms with Crippen LogP contribution in [0.4, 0.5) is 0 Å². The Morgan fingerprint density at radius 1 is 0.821 bits per heavy atom. The second kappa shape index (κ2) is 8.39. The average Bonchev–Trinajstić information content (AvgIpc) is 2.73. The number of amides is 1. The molecule has 0 unspecified atom stereocenters. The lowest BCUT2D eigenvalue weighted by Crippen LogP contribution is -2.47. The molecule has 10 heteroatoms. The molecule has 0 saturated carbocycles. The largest absolute Gasteiger partial charge is 0.343 e. The van der Waals surface area contributed by atoms with Crippen molar-refractivity contribution < 1.29 is 21.6 Å². The molecule has 0 bridgehead atoms. The zero-order valence-corrected chi connectivity index (χ0v) is 16.7. The van der Waals surface area contributed by atoms with Crippen LogP contribution in [-0.2, 0) is 31.4 Å². The molecule has 150 valence electrons. The number of nitrogens with one attached hydrogen (secondary N) is 1. The summed E-state index contributed by atoms with van der Waals surface area (Å²) < 4.78 is 54.1. The van der Waals surface area contributed by atoms with Crippen molar-refractivity contribution >= 4 is 26.5 Å². The molecule has 0 spiro atoms. The number of sulfonamides is 2. The van der Waals surface area contributed by atoms with Gasteiger partial charge in [0.15, 0.2) is 0 Å². The molecule has 1 amide bonds. The second-order valence-corrected chi connectivity index (χ2v) is 10.0. The van der Waals surface area contributed by atoms with Gasteiger partial charge in [-0.25, -0.2) is 21.6 Å². The molecule has 0 atom stereocenters. The highest BCUT2D eigenvalue weighted by atomic mass is 32.2. The van der Waals surface area contributed by atoms with Gasteiger partial charge in [-0.2, -0.15) is 4.31 Å². The summed E-state index contributed by atoms with van der Waals surface area (Å²) in [4.78, 5) is 12.3. The van der Waals surface area contributed by atoms with Crippen molar-refractivity contribution in [3.8, 4) is 0 Å². The molecule has 1 aliphatic rings. The van der Waals surface area contributed by atoms with E-state index < -0.39 is 20.0 Å². The minimum absolute atomic E-state index is 0.00634. The molecular weight excluding hydrogens is 402 g/mol. The first kappa shape index (κ1) is 20.5. The highest BCUT2D eigenvalue weighted by Gasteiger charge is 2.28.